The number of pyridine rings is 1. The standard InChI is InChI=1S/C22H25F2N7O5S2/c1-22(2-3-22)28-38(34,35)13-6-14(29-4-5-36-16(11-29)21(33)30-8-12(32)9-30)15-7-25-18(31(15)10-13)20-27-26-19(37-20)17(23)24/h6-7,10,12,16-17,28,32H,2-5,8-9,11H2,1H3/t16-/m0/s1. The molecule has 0 bridgehead atoms. The zero-order valence-corrected chi connectivity index (χ0v) is 21.9. The number of hydrogen-bond donors (Lipinski definition) is 2. The first-order valence-corrected chi connectivity index (χ1v) is 14.3. The smallest absolute Gasteiger partial charge is 0.291 e. The lowest BCUT2D eigenvalue weighted by molar-refractivity contribution is -0.154. The van der Waals surface area contributed by atoms with Gasteiger partial charge in [0.15, 0.2) is 21.9 Å². The van der Waals surface area contributed by atoms with Crippen molar-refractivity contribution in [1.29, 1.82) is 0 Å². The number of carbonyl (C=O) groups is 1. The number of hydrogen-bond acceptors (Lipinski definition) is 10. The van der Waals surface area contributed by atoms with Crippen molar-refractivity contribution < 1.29 is 31.8 Å². The average Bonchev–Trinajstić information content (AvgIpc) is 3.24. The number of fused-ring (bicyclic) bond motifs is 1. The second-order valence-corrected chi connectivity index (χ2v) is 12.7. The molecule has 6 rings (SSSR count). The fourth-order valence-electron chi connectivity index (χ4n) is 4.56. The molecule has 1 atom stereocenters. The van der Waals surface area contributed by atoms with Crippen LogP contribution in [0.15, 0.2) is 23.4 Å². The summed E-state index contributed by atoms with van der Waals surface area (Å²) in [5, 5.41) is 16.6. The molecule has 2 saturated heterocycles. The number of aromatic nitrogens is 4. The Kier molecular flexibility index (Phi) is 6.14. The molecule has 0 radical (unpaired) electrons. The second kappa shape index (κ2) is 9.15. The second-order valence-electron chi connectivity index (χ2n) is 10.0. The van der Waals surface area contributed by atoms with Crippen LogP contribution in [0.1, 0.15) is 31.2 Å². The fourth-order valence-corrected chi connectivity index (χ4v) is 6.73. The van der Waals surface area contributed by atoms with Gasteiger partial charge in [-0.05, 0) is 25.8 Å². The van der Waals surface area contributed by atoms with Gasteiger partial charge in [-0.2, -0.15) is 0 Å². The van der Waals surface area contributed by atoms with Crippen LogP contribution in [-0.4, -0.2) is 94.4 Å². The third-order valence-corrected chi connectivity index (χ3v) is 9.49. The number of halogens is 2. The van der Waals surface area contributed by atoms with E-state index in [9.17, 15) is 27.1 Å². The summed E-state index contributed by atoms with van der Waals surface area (Å²) in [4.78, 5) is 20.6. The van der Waals surface area contributed by atoms with Crippen molar-refractivity contribution in [2.75, 3.05) is 37.7 Å². The zero-order chi connectivity index (χ0) is 26.8. The number of morpholine rings is 1. The van der Waals surface area contributed by atoms with E-state index in [1.807, 2.05) is 11.8 Å². The van der Waals surface area contributed by atoms with Crippen LogP contribution in [0.5, 0.6) is 0 Å². The first-order valence-electron chi connectivity index (χ1n) is 12.0. The Labute approximate surface area is 220 Å². The number of nitrogens with one attached hydrogen (secondary N) is 1. The normalized spacial score (nSPS) is 21.8. The van der Waals surface area contributed by atoms with E-state index in [0.717, 1.165) is 12.8 Å². The highest BCUT2D eigenvalue weighted by Gasteiger charge is 2.42. The van der Waals surface area contributed by atoms with Crippen LogP contribution in [0.2, 0.25) is 0 Å². The summed E-state index contributed by atoms with van der Waals surface area (Å²) in [5.41, 5.74) is 0.490. The number of carbonyl (C=O) groups excluding carboxylic acids is 1. The summed E-state index contributed by atoms with van der Waals surface area (Å²) < 4.78 is 63.0. The van der Waals surface area contributed by atoms with Crippen molar-refractivity contribution in [3.8, 4) is 10.8 Å². The number of amides is 1. The van der Waals surface area contributed by atoms with Gasteiger partial charge in [0.05, 0.1) is 36.7 Å². The molecule has 3 aliphatic rings. The molecule has 204 valence electrons. The number of ether oxygens (including phenoxy) is 1. The van der Waals surface area contributed by atoms with E-state index in [2.05, 4.69) is 19.9 Å². The Hall–Kier alpha value is -2.79. The van der Waals surface area contributed by atoms with Crippen LogP contribution >= 0.6 is 11.3 Å². The molecule has 1 saturated carbocycles. The van der Waals surface area contributed by atoms with Crippen molar-refractivity contribution >= 4 is 38.5 Å². The van der Waals surface area contributed by atoms with Gasteiger partial charge in [-0.15, -0.1) is 10.2 Å². The molecule has 12 nitrogen and oxygen atoms in total. The largest absolute Gasteiger partial charge is 0.389 e. The van der Waals surface area contributed by atoms with E-state index in [4.69, 9.17) is 4.74 Å². The molecular formula is C22H25F2N7O5S2. The Bertz CT molecular complexity index is 1500. The predicted octanol–water partition coefficient (Wildman–Crippen LogP) is 1.03. The maximum Gasteiger partial charge on any atom is 0.291 e. The van der Waals surface area contributed by atoms with Crippen molar-refractivity contribution in [2.45, 2.75) is 48.8 Å². The van der Waals surface area contributed by atoms with Crippen molar-refractivity contribution in [1.82, 2.24) is 29.2 Å². The summed E-state index contributed by atoms with van der Waals surface area (Å²) in [6, 6.07) is 1.53. The molecule has 5 heterocycles. The van der Waals surface area contributed by atoms with Gasteiger partial charge in [-0.3, -0.25) is 9.20 Å². The van der Waals surface area contributed by atoms with E-state index in [-0.39, 0.29) is 47.9 Å². The Morgan fingerprint density at radius 2 is 2.05 bits per heavy atom. The number of anilines is 1. The van der Waals surface area contributed by atoms with Crippen LogP contribution in [0.25, 0.3) is 16.3 Å². The van der Waals surface area contributed by atoms with Crippen molar-refractivity contribution in [3.63, 3.8) is 0 Å². The van der Waals surface area contributed by atoms with Crippen molar-refractivity contribution in [2.24, 2.45) is 0 Å². The molecule has 0 unspecified atom stereocenters. The van der Waals surface area contributed by atoms with Crippen LogP contribution in [0, 0.1) is 0 Å². The number of sulfonamides is 1. The van der Waals surface area contributed by atoms with Gasteiger partial charge in [0.1, 0.15) is 4.90 Å². The Balaban J connectivity index is 1.41. The summed E-state index contributed by atoms with van der Waals surface area (Å²) >= 11 is 0.680. The molecule has 0 aromatic carbocycles. The molecule has 1 amide bonds. The maximum atomic E-state index is 13.4. The summed E-state index contributed by atoms with van der Waals surface area (Å²) in [6.45, 7) is 3.08. The number of alkyl halides is 2. The summed E-state index contributed by atoms with van der Waals surface area (Å²) in [6.07, 6.45) is 0.213. The topological polar surface area (TPSA) is 142 Å². The molecule has 0 spiro atoms. The molecule has 2 N–H and O–H groups in total. The van der Waals surface area contributed by atoms with Gasteiger partial charge in [0.2, 0.25) is 10.0 Å². The number of aliphatic hydroxyl groups excluding tert-OH is 1. The quantitative estimate of drug-likeness (QED) is 0.427. The van der Waals surface area contributed by atoms with Crippen LogP contribution < -0.4 is 9.62 Å². The molecule has 3 aromatic rings. The number of nitrogens with zero attached hydrogens (tertiary/aromatic N) is 6. The molecule has 3 fully saturated rings. The third kappa shape index (κ3) is 4.64. The van der Waals surface area contributed by atoms with E-state index < -0.39 is 39.2 Å². The molecule has 38 heavy (non-hydrogen) atoms. The number of imidazole rings is 1. The highest BCUT2D eigenvalue weighted by molar-refractivity contribution is 7.89. The molecule has 2 aliphatic heterocycles. The van der Waals surface area contributed by atoms with Gasteiger partial charge in [-0.1, -0.05) is 11.3 Å². The van der Waals surface area contributed by atoms with E-state index >= 15 is 0 Å². The lowest BCUT2D eigenvalue weighted by Crippen LogP contribution is -2.59. The minimum Gasteiger partial charge on any atom is -0.389 e. The number of likely N-dealkylation sites (tertiary alicyclic amines) is 1. The van der Waals surface area contributed by atoms with E-state index in [1.54, 1.807) is 0 Å². The first-order chi connectivity index (χ1) is 18.0. The molecular weight excluding hydrogens is 544 g/mol. The average molecular weight is 570 g/mol. The number of aliphatic hydroxyl groups is 1. The van der Waals surface area contributed by atoms with Crippen LogP contribution in [0.3, 0.4) is 0 Å². The van der Waals surface area contributed by atoms with Crippen LogP contribution in [0.4, 0.5) is 14.5 Å². The minimum atomic E-state index is -3.95. The van der Waals surface area contributed by atoms with E-state index in [0.29, 0.717) is 29.1 Å². The summed E-state index contributed by atoms with van der Waals surface area (Å²) in [7, 11) is -3.95. The SMILES string of the molecule is CC1(NS(=O)(=O)c2cc(N3CCO[C@H](C(=O)N4CC(O)C4)C3)c3cnc(-c4nnc(C(F)F)s4)n3c2)CC1. The predicted molar refractivity (Wildman–Crippen MR) is 132 cm³/mol. The monoisotopic (exact) mass is 569 g/mol. The summed E-state index contributed by atoms with van der Waals surface area (Å²) in [5.74, 6) is -0.0681. The fraction of sp³-hybridized carbons (Fsp3) is 0.545. The van der Waals surface area contributed by atoms with Gasteiger partial charge in [0, 0.05) is 31.4 Å². The van der Waals surface area contributed by atoms with Crippen molar-refractivity contribution in [3.05, 3.63) is 23.5 Å². The molecule has 1 aliphatic carbocycles. The molecule has 3 aromatic heterocycles. The highest BCUT2D eigenvalue weighted by Crippen LogP contribution is 2.38. The zero-order valence-electron chi connectivity index (χ0n) is 20.2. The Morgan fingerprint density at radius 3 is 2.71 bits per heavy atom. The number of rotatable bonds is 7. The lowest BCUT2D eigenvalue weighted by Gasteiger charge is -2.41. The number of β-amino-alcohol motifs (C(OH)–C–C–N with tert-alkyl or cyclic N) is 1. The first kappa shape index (κ1) is 25.5. The van der Waals surface area contributed by atoms with Gasteiger partial charge in [-0.25, -0.2) is 26.9 Å². The van der Waals surface area contributed by atoms with E-state index in [1.165, 1.54) is 27.8 Å². The van der Waals surface area contributed by atoms with Gasteiger partial charge < -0.3 is 19.6 Å². The van der Waals surface area contributed by atoms with Gasteiger partial charge >= 0.3 is 0 Å². The van der Waals surface area contributed by atoms with Gasteiger partial charge in [0.25, 0.3) is 12.3 Å². The lowest BCUT2D eigenvalue weighted by atomic mass is 10.1. The molecule has 16 heteroatoms. The van der Waals surface area contributed by atoms with Crippen LogP contribution in [-0.2, 0) is 19.6 Å². The highest BCUT2D eigenvalue weighted by atomic mass is 32.2. The Morgan fingerprint density at radius 1 is 1.29 bits per heavy atom. The minimum absolute atomic E-state index is 0.0359. The maximum absolute atomic E-state index is 13.4. The third-order valence-electron chi connectivity index (χ3n) is 6.96.